The topological polar surface area (TPSA) is 64.8 Å². The first-order valence-electron chi connectivity index (χ1n) is 7.58. The van der Waals surface area contributed by atoms with Crippen LogP contribution < -0.4 is 15.2 Å². The van der Waals surface area contributed by atoms with Gasteiger partial charge in [0.05, 0.1) is 13.2 Å². The van der Waals surface area contributed by atoms with Crippen LogP contribution in [0, 0.1) is 5.92 Å². The summed E-state index contributed by atoms with van der Waals surface area (Å²) in [4.78, 5) is 14.4. The number of carbonyl (C=O) groups excluding carboxylic acids is 1. The number of hydrogen-bond donors (Lipinski definition) is 1. The van der Waals surface area contributed by atoms with Crippen molar-refractivity contribution in [2.24, 2.45) is 11.7 Å². The second-order valence-electron chi connectivity index (χ2n) is 5.17. The highest BCUT2D eigenvalue weighted by Crippen LogP contribution is 2.29. The molecule has 1 fully saturated rings. The van der Waals surface area contributed by atoms with Crippen molar-refractivity contribution in [2.45, 2.75) is 20.3 Å². The van der Waals surface area contributed by atoms with Crippen LogP contribution in [0.2, 0.25) is 0 Å². The first-order chi connectivity index (χ1) is 10.2. The minimum absolute atomic E-state index is 0. The van der Waals surface area contributed by atoms with Gasteiger partial charge in [-0.3, -0.25) is 4.79 Å². The zero-order valence-corrected chi connectivity index (χ0v) is 14.0. The summed E-state index contributed by atoms with van der Waals surface area (Å²) in [5.74, 6) is 1.76. The van der Waals surface area contributed by atoms with E-state index >= 15 is 0 Å². The van der Waals surface area contributed by atoms with E-state index in [4.69, 9.17) is 15.2 Å². The Labute approximate surface area is 138 Å². The zero-order chi connectivity index (χ0) is 15.2. The molecule has 0 bridgehead atoms. The lowest BCUT2D eigenvalue weighted by Crippen LogP contribution is -2.29. The number of likely N-dealkylation sites (tertiary alicyclic amines) is 1. The van der Waals surface area contributed by atoms with Crippen molar-refractivity contribution >= 4 is 18.3 Å². The molecule has 6 heteroatoms. The fraction of sp³-hybridized carbons (Fsp3) is 0.562. The van der Waals surface area contributed by atoms with Crippen LogP contribution in [0.5, 0.6) is 11.5 Å². The number of nitrogens with two attached hydrogens (primary N) is 1. The number of rotatable bonds is 6. The average molecular weight is 329 g/mol. The maximum Gasteiger partial charge on any atom is 0.254 e. The van der Waals surface area contributed by atoms with Gasteiger partial charge in [-0.05, 0) is 50.9 Å². The fourth-order valence-corrected chi connectivity index (χ4v) is 2.58. The Morgan fingerprint density at radius 3 is 2.55 bits per heavy atom. The number of nitrogens with zero attached hydrogens (tertiary/aromatic N) is 1. The Balaban J connectivity index is 0.00000242. The standard InChI is InChI=1S/C16H24N2O3.ClH/c1-3-20-14-6-5-13(9-15(14)21-4-2)16(19)18-8-7-12(10-17)11-18;/h5-6,9,12H,3-4,7-8,10-11,17H2,1-2H3;1H. The van der Waals surface area contributed by atoms with Gasteiger partial charge in [0.15, 0.2) is 11.5 Å². The summed E-state index contributed by atoms with van der Waals surface area (Å²) in [6.07, 6.45) is 0.984. The fourth-order valence-electron chi connectivity index (χ4n) is 2.58. The summed E-state index contributed by atoms with van der Waals surface area (Å²) in [6.45, 7) is 7.10. The van der Waals surface area contributed by atoms with Crippen LogP contribution in [-0.4, -0.2) is 43.7 Å². The molecule has 124 valence electrons. The monoisotopic (exact) mass is 328 g/mol. The van der Waals surface area contributed by atoms with Crippen LogP contribution in [0.1, 0.15) is 30.6 Å². The number of hydrogen-bond acceptors (Lipinski definition) is 4. The van der Waals surface area contributed by atoms with E-state index in [0.29, 0.717) is 42.7 Å². The molecular formula is C16H25ClN2O3. The van der Waals surface area contributed by atoms with Crippen LogP contribution in [-0.2, 0) is 0 Å². The predicted molar refractivity (Wildman–Crippen MR) is 89.1 cm³/mol. The van der Waals surface area contributed by atoms with E-state index in [0.717, 1.165) is 19.5 Å². The molecule has 2 rings (SSSR count). The minimum atomic E-state index is 0. The molecular weight excluding hydrogens is 304 g/mol. The molecule has 2 N–H and O–H groups in total. The minimum Gasteiger partial charge on any atom is -0.490 e. The molecule has 22 heavy (non-hydrogen) atoms. The van der Waals surface area contributed by atoms with Crippen molar-refractivity contribution in [3.63, 3.8) is 0 Å². The third kappa shape index (κ3) is 4.27. The van der Waals surface area contributed by atoms with Crippen molar-refractivity contribution in [3.05, 3.63) is 23.8 Å². The predicted octanol–water partition coefficient (Wildman–Crippen LogP) is 2.33. The van der Waals surface area contributed by atoms with Crippen LogP contribution in [0.15, 0.2) is 18.2 Å². The zero-order valence-electron chi connectivity index (χ0n) is 13.2. The van der Waals surface area contributed by atoms with E-state index in [1.807, 2.05) is 18.7 Å². The summed E-state index contributed by atoms with van der Waals surface area (Å²) < 4.78 is 11.1. The van der Waals surface area contributed by atoms with E-state index in [2.05, 4.69) is 0 Å². The highest BCUT2D eigenvalue weighted by Gasteiger charge is 2.26. The number of benzene rings is 1. The second kappa shape index (κ2) is 8.86. The van der Waals surface area contributed by atoms with Gasteiger partial charge < -0.3 is 20.1 Å². The van der Waals surface area contributed by atoms with Crippen LogP contribution in [0.25, 0.3) is 0 Å². The second-order valence-corrected chi connectivity index (χ2v) is 5.17. The van der Waals surface area contributed by atoms with Crippen LogP contribution >= 0.6 is 12.4 Å². The first-order valence-corrected chi connectivity index (χ1v) is 7.58. The van der Waals surface area contributed by atoms with Gasteiger partial charge in [-0.25, -0.2) is 0 Å². The van der Waals surface area contributed by atoms with E-state index in [-0.39, 0.29) is 18.3 Å². The Hall–Kier alpha value is -1.46. The number of carbonyl (C=O) groups is 1. The van der Waals surface area contributed by atoms with Crippen molar-refractivity contribution in [1.29, 1.82) is 0 Å². The lowest BCUT2D eigenvalue weighted by atomic mass is 10.1. The summed E-state index contributed by atoms with van der Waals surface area (Å²) in [6, 6.07) is 5.37. The quantitative estimate of drug-likeness (QED) is 0.870. The molecule has 1 amide bonds. The number of halogens is 1. The van der Waals surface area contributed by atoms with Gasteiger partial charge in [-0.15, -0.1) is 12.4 Å². The normalized spacial score (nSPS) is 17.0. The highest BCUT2D eigenvalue weighted by molar-refractivity contribution is 5.95. The summed E-state index contributed by atoms with van der Waals surface area (Å²) >= 11 is 0. The Kier molecular flexibility index (Phi) is 7.48. The van der Waals surface area contributed by atoms with E-state index in [1.54, 1.807) is 18.2 Å². The van der Waals surface area contributed by atoms with E-state index < -0.39 is 0 Å². The molecule has 0 aliphatic carbocycles. The molecule has 1 saturated heterocycles. The molecule has 1 atom stereocenters. The van der Waals surface area contributed by atoms with Gasteiger partial charge in [-0.1, -0.05) is 0 Å². The maximum atomic E-state index is 12.5. The molecule has 0 radical (unpaired) electrons. The molecule has 1 aliphatic rings. The molecule has 0 aromatic heterocycles. The number of ether oxygens (including phenoxy) is 2. The number of amides is 1. The van der Waals surface area contributed by atoms with Crippen LogP contribution in [0.3, 0.4) is 0 Å². The Bertz CT molecular complexity index is 496. The van der Waals surface area contributed by atoms with Crippen LogP contribution in [0.4, 0.5) is 0 Å². The van der Waals surface area contributed by atoms with Gasteiger partial charge in [-0.2, -0.15) is 0 Å². The molecule has 0 spiro atoms. The van der Waals surface area contributed by atoms with Gasteiger partial charge in [0.2, 0.25) is 0 Å². The van der Waals surface area contributed by atoms with Gasteiger partial charge in [0, 0.05) is 18.7 Å². The van der Waals surface area contributed by atoms with Gasteiger partial charge in [0.1, 0.15) is 0 Å². The van der Waals surface area contributed by atoms with Crippen molar-refractivity contribution in [2.75, 3.05) is 32.8 Å². The SMILES string of the molecule is CCOc1ccc(C(=O)N2CCC(CN)C2)cc1OCC.Cl. The first kappa shape index (κ1) is 18.6. The largest absolute Gasteiger partial charge is 0.490 e. The maximum absolute atomic E-state index is 12.5. The molecule has 1 aromatic rings. The highest BCUT2D eigenvalue weighted by atomic mass is 35.5. The third-order valence-electron chi connectivity index (χ3n) is 3.70. The van der Waals surface area contributed by atoms with Crippen molar-refractivity contribution in [3.8, 4) is 11.5 Å². The Morgan fingerprint density at radius 2 is 1.95 bits per heavy atom. The lowest BCUT2D eigenvalue weighted by molar-refractivity contribution is 0.0787. The molecule has 1 aliphatic heterocycles. The third-order valence-corrected chi connectivity index (χ3v) is 3.70. The molecule has 0 saturated carbocycles. The Morgan fingerprint density at radius 1 is 1.27 bits per heavy atom. The van der Waals surface area contributed by atoms with Crippen molar-refractivity contribution in [1.82, 2.24) is 4.90 Å². The lowest BCUT2D eigenvalue weighted by Gasteiger charge is -2.18. The molecule has 1 unspecified atom stereocenters. The summed E-state index contributed by atoms with van der Waals surface area (Å²) in [7, 11) is 0. The smallest absolute Gasteiger partial charge is 0.254 e. The van der Waals surface area contributed by atoms with Gasteiger partial charge in [0.25, 0.3) is 5.91 Å². The van der Waals surface area contributed by atoms with Crippen molar-refractivity contribution < 1.29 is 14.3 Å². The molecule has 1 heterocycles. The van der Waals surface area contributed by atoms with E-state index in [1.165, 1.54) is 0 Å². The average Bonchev–Trinajstić information content (AvgIpc) is 2.98. The molecule has 1 aromatic carbocycles. The summed E-state index contributed by atoms with van der Waals surface area (Å²) in [5.41, 5.74) is 6.32. The molecule has 5 nitrogen and oxygen atoms in total. The summed E-state index contributed by atoms with van der Waals surface area (Å²) in [5, 5.41) is 0. The van der Waals surface area contributed by atoms with Gasteiger partial charge >= 0.3 is 0 Å². The van der Waals surface area contributed by atoms with E-state index in [9.17, 15) is 4.79 Å².